The van der Waals surface area contributed by atoms with Gasteiger partial charge in [0.25, 0.3) is 0 Å². The van der Waals surface area contributed by atoms with E-state index in [1.165, 1.54) is 18.2 Å². The quantitative estimate of drug-likeness (QED) is 0.473. The van der Waals surface area contributed by atoms with Crippen molar-refractivity contribution in [2.45, 2.75) is 26.9 Å². The van der Waals surface area contributed by atoms with Crippen LogP contribution in [0.1, 0.15) is 31.9 Å². The van der Waals surface area contributed by atoms with Crippen molar-refractivity contribution in [3.05, 3.63) is 41.5 Å². The van der Waals surface area contributed by atoms with E-state index in [1.807, 2.05) is 0 Å². The molecule has 0 saturated carbocycles. The predicted octanol–water partition coefficient (Wildman–Crippen LogP) is 3.83. The van der Waals surface area contributed by atoms with E-state index < -0.39 is 29.1 Å². The zero-order valence-electron chi connectivity index (χ0n) is 11.8. The van der Waals surface area contributed by atoms with E-state index in [-0.39, 0.29) is 5.56 Å². The summed E-state index contributed by atoms with van der Waals surface area (Å²) in [4.78, 5) is 22.9. The molecule has 1 aromatic carbocycles. The monoisotopic (exact) mass is 300 g/mol. The largest absolute Gasteiger partial charge is 0.416 e. The zero-order valence-corrected chi connectivity index (χ0v) is 11.8. The van der Waals surface area contributed by atoms with Crippen LogP contribution in [0.5, 0.6) is 0 Å². The molecule has 1 rings (SSSR count). The molecule has 0 aliphatic heterocycles. The smallest absolute Gasteiger partial charge is 0.389 e. The molecule has 0 aliphatic carbocycles. The molecule has 114 valence electrons. The summed E-state index contributed by atoms with van der Waals surface area (Å²) in [7, 11) is 0. The molecular weight excluding hydrogens is 285 g/mol. The second-order valence-electron chi connectivity index (χ2n) is 5.38. The highest BCUT2D eigenvalue weighted by Gasteiger charge is 2.32. The van der Waals surface area contributed by atoms with E-state index in [1.54, 1.807) is 20.8 Å². The first kappa shape index (κ1) is 16.9. The van der Waals surface area contributed by atoms with Crippen LogP contribution in [0.2, 0.25) is 0 Å². The first-order chi connectivity index (χ1) is 9.51. The number of carbonyl (C=O) groups excluding carboxylic acids is 2. The topological polar surface area (TPSA) is 43.4 Å². The van der Waals surface area contributed by atoms with Gasteiger partial charge >= 0.3 is 18.1 Å². The number of hydrogen-bond acceptors (Lipinski definition) is 3. The highest BCUT2D eigenvalue weighted by Crippen LogP contribution is 2.32. The number of benzene rings is 1. The summed E-state index contributed by atoms with van der Waals surface area (Å²) in [5.41, 5.74) is -1.91. The maximum Gasteiger partial charge on any atom is 0.416 e. The van der Waals surface area contributed by atoms with Crippen LogP contribution in [-0.2, 0) is 20.5 Å². The Hall–Kier alpha value is -2.11. The zero-order chi connectivity index (χ0) is 16.3. The fourth-order valence-electron chi connectivity index (χ4n) is 1.34. The normalized spacial score (nSPS) is 12.5. The van der Waals surface area contributed by atoms with E-state index in [0.717, 1.165) is 18.2 Å². The Morgan fingerprint density at radius 1 is 1.10 bits per heavy atom. The van der Waals surface area contributed by atoms with Crippen molar-refractivity contribution in [2.24, 2.45) is 5.41 Å². The average Bonchev–Trinajstić information content (AvgIpc) is 2.34. The van der Waals surface area contributed by atoms with E-state index in [0.29, 0.717) is 0 Å². The Morgan fingerprint density at radius 3 is 2.19 bits per heavy atom. The fraction of sp³-hybridized carbons (Fsp3) is 0.333. The van der Waals surface area contributed by atoms with Gasteiger partial charge in [-0.05, 0) is 38.5 Å². The molecule has 0 atom stereocenters. The van der Waals surface area contributed by atoms with Gasteiger partial charge in [0.1, 0.15) is 0 Å². The number of alkyl halides is 3. The molecule has 6 heteroatoms. The van der Waals surface area contributed by atoms with Gasteiger partial charge in [-0.15, -0.1) is 0 Å². The molecule has 0 amide bonds. The Kier molecular flexibility index (Phi) is 4.93. The Balaban J connectivity index is 2.87. The van der Waals surface area contributed by atoms with Crippen LogP contribution in [0.3, 0.4) is 0 Å². The molecule has 0 bridgehead atoms. The van der Waals surface area contributed by atoms with Crippen molar-refractivity contribution in [3.8, 4) is 0 Å². The van der Waals surface area contributed by atoms with Gasteiger partial charge in [0.15, 0.2) is 0 Å². The van der Waals surface area contributed by atoms with Gasteiger partial charge in [0.2, 0.25) is 0 Å². The lowest BCUT2D eigenvalue weighted by molar-refractivity contribution is -0.162. The van der Waals surface area contributed by atoms with Crippen molar-refractivity contribution in [1.82, 2.24) is 0 Å². The third-order valence-electron chi connectivity index (χ3n) is 2.47. The average molecular weight is 300 g/mol. The second-order valence-corrected chi connectivity index (χ2v) is 5.38. The number of halogens is 3. The molecule has 21 heavy (non-hydrogen) atoms. The summed E-state index contributed by atoms with van der Waals surface area (Å²) >= 11 is 0. The van der Waals surface area contributed by atoms with Crippen molar-refractivity contribution < 1.29 is 27.5 Å². The number of ether oxygens (including phenoxy) is 1. The summed E-state index contributed by atoms with van der Waals surface area (Å²) in [5, 5.41) is 0. The minimum atomic E-state index is -4.52. The third-order valence-corrected chi connectivity index (χ3v) is 2.47. The Labute approximate surface area is 120 Å². The minimum absolute atomic E-state index is 0.176. The van der Waals surface area contributed by atoms with Crippen molar-refractivity contribution in [1.29, 1.82) is 0 Å². The van der Waals surface area contributed by atoms with Gasteiger partial charge in [-0.3, -0.25) is 4.79 Å². The first-order valence-corrected chi connectivity index (χ1v) is 6.12. The van der Waals surface area contributed by atoms with E-state index in [9.17, 15) is 22.8 Å². The molecule has 0 spiro atoms. The lowest BCUT2D eigenvalue weighted by atomic mass is 9.97. The highest BCUT2D eigenvalue weighted by molar-refractivity contribution is 5.96. The van der Waals surface area contributed by atoms with Crippen LogP contribution in [0.4, 0.5) is 13.2 Å². The van der Waals surface area contributed by atoms with Gasteiger partial charge in [-0.1, -0.05) is 18.2 Å². The van der Waals surface area contributed by atoms with Crippen LogP contribution in [0.25, 0.3) is 6.08 Å². The summed E-state index contributed by atoms with van der Waals surface area (Å²) in [6.07, 6.45) is -2.75. The maximum atomic E-state index is 12.7. The van der Waals surface area contributed by atoms with Crippen molar-refractivity contribution in [2.75, 3.05) is 0 Å². The van der Waals surface area contributed by atoms with E-state index in [2.05, 4.69) is 4.74 Å². The molecule has 0 saturated heterocycles. The number of rotatable bonds is 2. The van der Waals surface area contributed by atoms with E-state index in [4.69, 9.17) is 0 Å². The van der Waals surface area contributed by atoms with Crippen LogP contribution in [0.15, 0.2) is 30.3 Å². The summed E-state index contributed by atoms with van der Waals surface area (Å²) < 4.78 is 42.7. The van der Waals surface area contributed by atoms with Crippen LogP contribution < -0.4 is 0 Å². The first-order valence-electron chi connectivity index (χ1n) is 6.12. The molecule has 0 heterocycles. The van der Waals surface area contributed by atoms with Gasteiger partial charge < -0.3 is 4.74 Å². The SMILES string of the molecule is CC(C)(C)C(=O)OC(=O)/C=C/c1ccccc1C(F)(F)F. The van der Waals surface area contributed by atoms with Gasteiger partial charge in [0.05, 0.1) is 11.0 Å². The van der Waals surface area contributed by atoms with E-state index >= 15 is 0 Å². The lowest BCUT2D eigenvalue weighted by Gasteiger charge is -2.14. The second kappa shape index (κ2) is 6.11. The molecule has 0 N–H and O–H groups in total. The molecule has 1 aromatic rings. The number of esters is 2. The third kappa shape index (κ3) is 5.06. The van der Waals surface area contributed by atoms with Crippen LogP contribution in [0, 0.1) is 5.41 Å². The molecule has 3 nitrogen and oxygen atoms in total. The molecule has 0 aliphatic rings. The summed E-state index contributed by atoms with van der Waals surface area (Å²) in [5.74, 6) is -1.76. The van der Waals surface area contributed by atoms with Gasteiger partial charge in [0, 0.05) is 6.08 Å². The lowest BCUT2D eigenvalue weighted by Crippen LogP contribution is -2.25. The van der Waals surface area contributed by atoms with Crippen molar-refractivity contribution >= 4 is 18.0 Å². The molecule has 0 radical (unpaired) electrons. The standard InChI is InChI=1S/C15H15F3O3/c1-14(2,3)13(20)21-12(19)9-8-10-6-4-5-7-11(10)15(16,17)18/h4-9H,1-3H3/b9-8+. The Bertz CT molecular complexity index is 566. The number of hydrogen-bond donors (Lipinski definition) is 0. The summed E-state index contributed by atoms with van der Waals surface area (Å²) in [6, 6.07) is 4.80. The molecular formula is C15H15F3O3. The predicted molar refractivity (Wildman–Crippen MR) is 71.0 cm³/mol. The molecule has 0 aromatic heterocycles. The van der Waals surface area contributed by atoms with Gasteiger partial charge in [-0.2, -0.15) is 13.2 Å². The molecule has 0 fully saturated rings. The fourth-order valence-corrected chi connectivity index (χ4v) is 1.34. The summed E-state index contributed by atoms with van der Waals surface area (Å²) in [6.45, 7) is 4.68. The van der Waals surface area contributed by atoms with Crippen molar-refractivity contribution in [3.63, 3.8) is 0 Å². The maximum absolute atomic E-state index is 12.7. The van der Waals surface area contributed by atoms with Crippen LogP contribution >= 0.6 is 0 Å². The molecule has 0 unspecified atom stereocenters. The Morgan fingerprint density at radius 2 is 1.67 bits per heavy atom. The number of carbonyl (C=O) groups is 2. The van der Waals surface area contributed by atoms with Crippen LogP contribution in [-0.4, -0.2) is 11.9 Å². The van der Waals surface area contributed by atoms with Gasteiger partial charge in [-0.25, -0.2) is 4.79 Å². The highest BCUT2D eigenvalue weighted by atomic mass is 19.4. The minimum Gasteiger partial charge on any atom is -0.389 e.